The number of carboxylic acid groups (broad SMARTS) is 2. The molecule has 3 fully saturated rings. The first-order valence-corrected chi connectivity index (χ1v) is 13.0. The van der Waals surface area contributed by atoms with Crippen LogP contribution >= 0.6 is 0 Å². The maximum absolute atomic E-state index is 12.7. The molecule has 3 heterocycles. The molecule has 3 saturated heterocycles. The maximum atomic E-state index is 12.7. The van der Waals surface area contributed by atoms with Crippen LogP contribution in [0.5, 0.6) is 0 Å². The molecule has 8 heteroatoms. The summed E-state index contributed by atoms with van der Waals surface area (Å²) in [7, 11) is 0. The van der Waals surface area contributed by atoms with Crippen LogP contribution < -0.4 is 10.6 Å². The summed E-state index contributed by atoms with van der Waals surface area (Å²) in [5.74, 6) is -4.25. The van der Waals surface area contributed by atoms with Crippen molar-refractivity contribution in [1.82, 2.24) is 10.6 Å². The Labute approximate surface area is 210 Å². The third-order valence-corrected chi connectivity index (χ3v) is 8.30. The van der Waals surface area contributed by atoms with Gasteiger partial charge in [-0.1, -0.05) is 13.8 Å². The van der Waals surface area contributed by atoms with E-state index in [9.17, 15) is 19.8 Å². The van der Waals surface area contributed by atoms with Gasteiger partial charge in [0.2, 0.25) is 5.41 Å². The van der Waals surface area contributed by atoms with E-state index in [1.807, 2.05) is 13.8 Å². The molecule has 3 rings (SSSR count). The third kappa shape index (κ3) is 5.27. The summed E-state index contributed by atoms with van der Waals surface area (Å²) in [6.07, 6.45) is 1.76. The molecule has 35 heavy (non-hydrogen) atoms. The minimum Gasteiger partial charge on any atom is -0.480 e. The fraction of sp³-hybridized carbons (Fsp3) is 0.926. The highest BCUT2D eigenvalue weighted by Crippen LogP contribution is 2.53. The van der Waals surface area contributed by atoms with Crippen LogP contribution in [0.15, 0.2) is 0 Å². The van der Waals surface area contributed by atoms with E-state index >= 15 is 0 Å². The van der Waals surface area contributed by atoms with E-state index in [1.54, 1.807) is 0 Å². The van der Waals surface area contributed by atoms with Crippen LogP contribution in [-0.2, 0) is 19.1 Å². The van der Waals surface area contributed by atoms with E-state index in [-0.39, 0.29) is 39.9 Å². The van der Waals surface area contributed by atoms with Crippen molar-refractivity contribution in [1.29, 1.82) is 0 Å². The Hall–Kier alpha value is -1.22. The molecule has 0 bridgehead atoms. The number of nitrogens with one attached hydrogen (secondary N) is 2. The van der Waals surface area contributed by atoms with Gasteiger partial charge in [-0.15, -0.1) is 0 Å². The quantitative estimate of drug-likeness (QED) is 0.422. The summed E-state index contributed by atoms with van der Waals surface area (Å²) in [4.78, 5) is 25.4. The molecular formula is C27H48N2O6. The highest BCUT2D eigenvalue weighted by atomic mass is 16.7. The summed E-state index contributed by atoms with van der Waals surface area (Å²) in [6.45, 7) is 20.6. The first-order chi connectivity index (χ1) is 15.7. The zero-order valence-electron chi connectivity index (χ0n) is 23.4. The summed E-state index contributed by atoms with van der Waals surface area (Å²) in [6, 6.07) is 0. The van der Waals surface area contributed by atoms with Gasteiger partial charge in [0.05, 0.1) is 12.7 Å². The molecule has 8 nitrogen and oxygen atoms in total. The second-order valence-electron chi connectivity index (χ2n) is 14.3. The van der Waals surface area contributed by atoms with Gasteiger partial charge in [-0.3, -0.25) is 9.59 Å². The summed E-state index contributed by atoms with van der Waals surface area (Å²) < 4.78 is 13.3. The fourth-order valence-electron chi connectivity index (χ4n) is 7.81. The van der Waals surface area contributed by atoms with Crippen LogP contribution in [0.4, 0.5) is 0 Å². The molecule has 0 aliphatic carbocycles. The molecule has 2 unspecified atom stereocenters. The van der Waals surface area contributed by atoms with Crippen molar-refractivity contribution in [2.45, 2.75) is 129 Å². The van der Waals surface area contributed by atoms with Crippen LogP contribution in [-0.4, -0.2) is 62.8 Å². The van der Waals surface area contributed by atoms with E-state index < -0.39 is 35.9 Å². The summed E-state index contributed by atoms with van der Waals surface area (Å²) >= 11 is 0. The minimum absolute atomic E-state index is 0.0282. The van der Waals surface area contributed by atoms with Gasteiger partial charge >= 0.3 is 11.9 Å². The summed E-state index contributed by atoms with van der Waals surface area (Å²) in [5, 5.41) is 28.0. The lowest BCUT2D eigenvalue weighted by molar-refractivity contribution is -0.378. The van der Waals surface area contributed by atoms with Gasteiger partial charge in [0.15, 0.2) is 5.79 Å². The van der Waals surface area contributed by atoms with Crippen molar-refractivity contribution in [3.05, 3.63) is 0 Å². The molecule has 0 aromatic heterocycles. The lowest BCUT2D eigenvalue weighted by Gasteiger charge is -2.59. The molecule has 0 saturated carbocycles. The molecule has 202 valence electrons. The highest BCUT2D eigenvalue weighted by Gasteiger charge is 2.66. The molecule has 0 aromatic rings. The average Bonchev–Trinajstić information content (AvgIpc) is 2.61. The second-order valence-corrected chi connectivity index (χ2v) is 14.3. The first kappa shape index (κ1) is 28.4. The molecule has 3 aliphatic rings. The number of aliphatic carboxylic acids is 2. The standard InChI is InChI=1S/C27H48N2O6/c1-16(2)27(18-13-24(7,8)29-25(9,10)14-18)34-15-26(20(30)31,21(32)33)19(35-27)17-11-22(3,4)28-23(5,6)12-17/h16-19,28-29H,11-15H2,1-10H3,(H,30,31)(H,32,33). The van der Waals surface area contributed by atoms with Crippen LogP contribution in [0.3, 0.4) is 0 Å². The normalized spacial score (nSPS) is 34.4. The monoisotopic (exact) mass is 496 g/mol. The molecule has 4 N–H and O–H groups in total. The number of ether oxygens (including phenoxy) is 2. The van der Waals surface area contributed by atoms with E-state index in [1.165, 1.54) is 0 Å². The van der Waals surface area contributed by atoms with Gasteiger partial charge in [-0.25, -0.2) is 0 Å². The zero-order chi connectivity index (χ0) is 26.8. The van der Waals surface area contributed by atoms with Crippen LogP contribution in [0.25, 0.3) is 0 Å². The highest BCUT2D eigenvalue weighted by molar-refractivity contribution is 5.99. The number of piperidine rings is 2. The van der Waals surface area contributed by atoms with Crippen LogP contribution in [0, 0.1) is 23.2 Å². The lowest BCUT2D eigenvalue weighted by atomic mass is 9.65. The molecule has 2 atom stereocenters. The number of carbonyl (C=O) groups is 2. The predicted octanol–water partition coefficient (Wildman–Crippen LogP) is 4.02. The van der Waals surface area contributed by atoms with Gasteiger partial charge in [0, 0.05) is 34.0 Å². The smallest absolute Gasteiger partial charge is 0.326 e. The molecule has 0 aromatic carbocycles. The SMILES string of the molecule is CC(C)C1(C2CC(C)(C)NC(C)(C)C2)OCC(C(=O)O)(C(=O)O)C(C2CC(C)(C)NC(C)(C)C2)O1. The van der Waals surface area contributed by atoms with Gasteiger partial charge in [0.25, 0.3) is 0 Å². The Kier molecular flexibility index (Phi) is 7.03. The van der Waals surface area contributed by atoms with Crippen LogP contribution in [0.1, 0.15) is 94.9 Å². The zero-order valence-corrected chi connectivity index (χ0v) is 23.4. The summed E-state index contributed by atoms with van der Waals surface area (Å²) in [5.41, 5.74) is -3.11. The van der Waals surface area contributed by atoms with Gasteiger partial charge < -0.3 is 30.3 Å². The van der Waals surface area contributed by atoms with E-state index in [4.69, 9.17) is 9.47 Å². The average molecular weight is 497 g/mol. The van der Waals surface area contributed by atoms with E-state index in [0.717, 1.165) is 12.8 Å². The number of hydrogen-bond donors (Lipinski definition) is 4. The first-order valence-electron chi connectivity index (χ1n) is 13.0. The lowest BCUT2D eigenvalue weighted by Crippen LogP contribution is -2.71. The Morgan fingerprint density at radius 2 is 1.17 bits per heavy atom. The second kappa shape index (κ2) is 8.67. The predicted molar refractivity (Wildman–Crippen MR) is 134 cm³/mol. The fourth-order valence-corrected chi connectivity index (χ4v) is 7.81. The molecule has 3 aliphatic heterocycles. The molecule has 0 spiro atoms. The Balaban J connectivity index is 2.13. The topological polar surface area (TPSA) is 117 Å². The Morgan fingerprint density at radius 1 is 0.771 bits per heavy atom. The van der Waals surface area contributed by atoms with Gasteiger partial charge in [-0.2, -0.15) is 0 Å². The van der Waals surface area contributed by atoms with Crippen LogP contribution in [0.2, 0.25) is 0 Å². The van der Waals surface area contributed by atoms with Crippen molar-refractivity contribution >= 4 is 11.9 Å². The maximum Gasteiger partial charge on any atom is 0.326 e. The van der Waals surface area contributed by atoms with Crippen molar-refractivity contribution < 1.29 is 29.3 Å². The number of rotatable bonds is 5. The molecule has 0 radical (unpaired) electrons. The van der Waals surface area contributed by atoms with E-state index in [2.05, 4.69) is 66.0 Å². The van der Waals surface area contributed by atoms with Gasteiger partial charge in [0.1, 0.15) is 0 Å². The molecule has 0 amide bonds. The number of carboxylic acids is 2. The van der Waals surface area contributed by atoms with Crippen molar-refractivity contribution in [2.75, 3.05) is 6.61 Å². The largest absolute Gasteiger partial charge is 0.480 e. The number of hydrogen-bond acceptors (Lipinski definition) is 6. The van der Waals surface area contributed by atoms with E-state index in [0.29, 0.717) is 12.8 Å². The van der Waals surface area contributed by atoms with Gasteiger partial charge in [-0.05, 0) is 87.0 Å². The van der Waals surface area contributed by atoms with Crippen molar-refractivity contribution in [2.24, 2.45) is 23.2 Å². The van der Waals surface area contributed by atoms with Crippen molar-refractivity contribution in [3.8, 4) is 0 Å². The molecular weight excluding hydrogens is 448 g/mol. The Bertz CT molecular complexity index is 803. The minimum atomic E-state index is -2.16. The third-order valence-electron chi connectivity index (χ3n) is 8.30. The Morgan fingerprint density at radius 3 is 1.54 bits per heavy atom. The van der Waals surface area contributed by atoms with Crippen molar-refractivity contribution in [3.63, 3.8) is 0 Å².